The van der Waals surface area contributed by atoms with E-state index in [1.807, 2.05) is 30.3 Å². The number of carbonyl (C=O) groups is 3. The Bertz CT molecular complexity index is 1270. The molecule has 0 heterocycles. The van der Waals surface area contributed by atoms with Crippen molar-refractivity contribution < 1.29 is 19.5 Å². The molecule has 2 rings (SSSR count). The fourth-order valence-electron chi connectivity index (χ4n) is 6.51. The SMILES string of the molecule is CCCCCCCCCCCCNC(=O)CC[C@H](NC(=O)[C@H](Cc1ccccc1)N=Cc1ccccc1O)C(=O)NCCCCCCCCCCCC. The van der Waals surface area contributed by atoms with Crippen LogP contribution in [0.25, 0.3) is 0 Å². The molecule has 0 saturated heterocycles. The Balaban J connectivity index is 1.93. The minimum Gasteiger partial charge on any atom is -0.507 e. The van der Waals surface area contributed by atoms with Crippen molar-refractivity contribution in [1.29, 1.82) is 0 Å². The number of aliphatic imine (C=N–C) groups is 1. The lowest BCUT2D eigenvalue weighted by atomic mass is 10.0. The first kappa shape index (κ1) is 45.5. The number of hydrogen-bond acceptors (Lipinski definition) is 5. The van der Waals surface area contributed by atoms with Crippen LogP contribution in [0.4, 0.5) is 0 Å². The van der Waals surface area contributed by atoms with Gasteiger partial charge < -0.3 is 21.1 Å². The van der Waals surface area contributed by atoms with E-state index in [2.05, 4.69) is 34.8 Å². The van der Waals surface area contributed by atoms with Crippen LogP contribution < -0.4 is 16.0 Å². The highest BCUT2D eigenvalue weighted by molar-refractivity contribution is 5.92. The standard InChI is InChI=1S/C45H72N4O4/c1-3-5-7-9-11-13-15-17-19-26-34-46-43(51)33-32-40(44(52)47-35-27-20-18-16-14-12-10-8-6-4-2)49-45(53)41(36-38-28-22-21-23-29-38)48-37-39-30-24-25-31-42(39)50/h21-25,28-31,37,40-41,50H,3-20,26-27,32-36H2,1-2H3,(H,46,51)(H,47,52)(H,49,53)/t40-,41-/m0/s1. The summed E-state index contributed by atoms with van der Waals surface area (Å²) in [6.45, 7) is 5.64. The molecule has 0 aliphatic rings. The summed E-state index contributed by atoms with van der Waals surface area (Å²) in [5.41, 5.74) is 1.43. The predicted molar refractivity (Wildman–Crippen MR) is 221 cm³/mol. The number of aromatic hydroxyl groups is 1. The van der Waals surface area contributed by atoms with Gasteiger partial charge >= 0.3 is 0 Å². The number of nitrogens with one attached hydrogen (secondary N) is 3. The van der Waals surface area contributed by atoms with Crippen LogP contribution in [0.5, 0.6) is 5.75 Å². The molecule has 0 radical (unpaired) electrons. The highest BCUT2D eigenvalue weighted by Crippen LogP contribution is 2.15. The van der Waals surface area contributed by atoms with Gasteiger partial charge in [-0.05, 0) is 37.0 Å². The topological polar surface area (TPSA) is 120 Å². The van der Waals surface area contributed by atoms with Crippen molar-refractivity contribution in [1.82, 2.24) is 16.0 Å². The van der Waals surface area contributed by atoms with Crippen molar-refractivity contribution in [3.8, 4) is 5.75 Å². The third kappa shape index (κ3) is 22.9. The second-order valence-corrected chi connectivity index (χ2v) is 14.6. The maximum Gasteiger partial charge on any atom is 0.245 e. The van der Waals surface area contributed by atoms with Gasteiger partial charge in [0.2, 0.25) is 17.7 Å². The number of nitrogens with zero attached hydrogens (tertiary/aromatic N) is 1. The summed E-state index contributed by atoms with van der Waals surface area (Å²) in [4.78, 5) is 44.7. The van der Waals surface area contributed by atoms with Gasteiger partial charge in [-0.2, -0.15) is 0 Å². The normalized spacial score (nSPS) is 12.4. The Kier molecular flexibility index (Phi) is 26.4. The first-order chi connectivity index (χ1) is 25.9. The highest BCUT2D eigenvalue weighted by Gasteiger charge is 2.26. The zero-order valence-electron chi connectivity index (χ0n) is 33.2. The van der Waals surface area contributed by atoms with E-state index in [0.29, 0.717) is 25.1 Å². The molecule has 0 fully saturated rings. The van der Waals surface area contributed by atoms with E-state index in [-0.39, 0.29) is 30.4 Å². The van der Waals surface area contributed by atoms with Gasteiger partial charge in [-0.1, -0.05) is 172 Å². The van der Waals surface area contributed by atoms with Crippen molar-refractivity contribution in [2.24, 2.45) is 4.99 Å². The molecule has 296 valence electrons. The lowest BCUT2D eigenvalue weighted by molar-refractivity contribution is -0.130. The molecule has 0 aromatic heterocycles. The lowest BCUT2D eigenvalue weighted by Gasteiger charge is -2.21. The molecule has 3 amide bonds. The van der Waals surface area contributed by atoms with Crippen molar-refractivity contribution >= 4 is 23.9 Å². The molecule has 2 aromatic carbocycles. The average molecular weight is 733 g/mol. The average Bonchev–Trinajstić information content (AvgIpc) is 3.16. The molecule has 53 heavy (non-hydrogen) atoms. The molecular weight excluding hydrogens is 661 g/mol. The minimum absolute atomic E-state index is 0.0724. The molecule has 8 nitrogen and oxygen atoms in total. The van der Waals surface area contributed by atoms with Gasteiger partial charge in [0.1, 0.15) is 17.8 Å². The molecule has 0 aliphatic carbocycles. The number of para-hydroxylation sites is 1. The monoisotopic (exact) mass is 733 g/mol. The van der Waals surface area contributed by atoms with Crippen LogP contribution in [-0.2, 0) is 20.8 Å². The van der Waals surface area contributed by atoms with E-state index in [1.165, 1.54) is 103 Å². The van der Waals surface area contributed by atoms with E-state index in [4.69, 9.17) is 0 Å². The highest BCUT2D eigenvalue weighted by atomic mass is 16.3. The molecular formula is C45H72N4O4. The summed E-state index contributed by atoms with van der Waals surface area (Å²) in [5, 5.41) is 19.2. The molecule has 4 N–H and O–H groups in total. The second-order valence-electron chi connectivity index (χ2n) is 14.6. The maximum absolute atomic E-state index is 13.8. The fraction of sp³-hybridized carbons (Fsp3) is 0.644. The Morgan fingerprint density at radius 3 is 1.66 bits per heavy atom. The first-order valence-corrected chi connectivity index (χ1v) is 21.1. The van der Waals surface area contributed by atoms with Gasteiger partial charge in [0.15, 0.2) is 0 Å². The number of phenolic OH excluding ortho intramolecular Hbond substituents is 1. The van der Waals surface area contributed by atoms with Gasteiger partial charge in [0, 0.05) is 37.7 Å². The smallest absolute Gasteiger partial charge is 0.245 e. The summed E-state index contributed by atoms with van der Waals surface area (Å²) in [7, 11) is 0. The van der Waals surface area contributed by atoms with Gasteiger partial charge in [0.25, 0.3) is 0 Å². The quantitative estimate of drug-likeness (QED) is 0.0442. The van der Waals surface area contributed by atoms with E-state index in [1.54, 1.807) is 24.3 Å². The number of amides is 3. The van der Waals surface area contributed by atoms with Gasteiger partial charge in [-0.25, -0.2) is 0 Å². The molecule has 0 aliphatic heterocycles. The lowest BCUT2D eigenvalue weighted by Crippen LogP contribution is -2.50. The summed E-state index contributed by atoms with van der Waals surface area (Å²) >= 11 is 0. The number of carbonyl (C=O) groups excluding carboxylic acids is 3. The third-order valence-corrected chi connectivity index (χ3v) is 9.88. The Morgan fingerprint density at radius 1 is 0.623 bits per heavy atom. The Hall–Kier alpha value is -3.68. The number of unbranched alkanes of at least 4 members (excludes halogenated alkanes) is 18. The summed E-state index contributed by atoms with van der Waals surface area (Å²) < 4.78 is 0. The van der Waals surface area contributed by atoms with E-state index in [0.717, 1.165) is 37.7 Å². The fourth-order valence-corrected chi connectivity index (χ4v) is 6.51. The van der Waals surface area contributed by atoms with Crippen LogP contribution in [0, 0.1) is 0 Å². The van der Waals surface area contributed by atoms with Crippen LogP contribution >= 0.6 is 0 Å². The maximum atomic E-state index is 13.8. The van der Waals surface area contributed by atoms with E-state index < -0.39 is 18.0 Å². The van der Waals surface area contributed by atoms with Crippen molar-refractivity contribution in [2.75, 3.05) is 13.1 Å². The van der Waals surface area contributed by atoms with Crippen molar-refractivity contribution in [3.05, 3.63) is 65.7 Å². The molecule has 0 bridgehead atoms. The summed E-state index contributed by atoms with van der Waals surface area (Å²) in [6, 6.07) is 14.7. The van der Waals surface area contributed by atoms with Gasteiger partial charge in [0.05, 0.1) is 0 Å². The second kappa shape index (κ2) is 30.7. The van der Waals surface area contributed by atoms with Crippen LogP contribution in [0.15, 0.2) is 59.6 Å². The van der Waals surface area contributed by atoms with Gasteiger partial charge in [-0.15, -0.1) is 0 Å². The largest absolute Gasteiger partial charge is 0.507 e. The molecule has 2 atom stereocenters. The van der Waals surface area contributed by atoms with Crippen LogP contribution in [0.3, 0.4) is 0 Å². The molecule has 2 aromatic rings. The predicted octanol–water partition coefficient (Wildman–Crippen LogP) is 9.76. The number of benzene rings is 2. The van der Waals surface area contributed by atoms with Crippen LogP contribution in [-0.4, -0.2) is 54.2 Å². The van der Waals surface area contributed by atoms with Crippen LogP contribution in [0.1, 0.15) is 166 Å². The van der Waals surface area contributed by atoms with Crippen LogP contribution in [0.2, 0.25) is 0 Å². The molecule has 0 saturated carbocycles. The molecule has 0 unspecified atom stereocenters. The zero-order valence-corrected chi connectivity index (χ0v) is 33.2. The third-order valence-electron chi connectivity index (χ3n) is 9.88. The molecule has 0 spiro atoms. The summed E-state index contributed by atoms with van der Waals surface area (Å²) in [5.74, 6) is -0.713. The van der Waals surface area contributed by atoms with E-state index >= 15 is 0 Å². The first-order valence-electron chi connectivity index (χ1n) is 21.1. The number of hydrogen-bond donors (Lipinski definition) is 4. The van der Waals surface area contributed by atoms with E-state index in [9.17, 15) is 19.5 Å². The Labute approximate surface area is 321 Å². The van der Waals surface area contributed by atoms with Gasteiger partial charge in [-0.3, -0.25) is 19.4 Å². The zero-order chi connectivity index (χ0) is 38.2. The molecule has 8 heteroatoms. The van der Waals surface area contributed by atoms with Crippen molar-refractivity contribution in [3.63, 3.8) is 0 Å². The minimum atomic E-state index is -0.868. The number of rotatable bonds is 32. The summed E-state index contributed by atoms with van der Waals surface area (Å²) in [6.07, 6.45) is 26.6. The van der Waals surface area contributed by atoms with Crippen molar-refractivity contribution in [2.45, 2.75) is 174 Å². The Morgan fingerprint density at radius 2 is 1.11 bits per heavy atom. The number of phenols is 1.